The van der Waals surface area contributed by atoms with E-state index >= 15 is 0 Å². The zero-order valence-corrected chi connectivity index (χ0v) is 14.0. The Bertz CT molecular complexity index is 613. The molecule has 24 heavy (non-hydrogen) atoms. The van der Waals surface area contributed by atoms with Crippen LogP contribution in [0.1, 0.15) is 19.4 Å². The number of carbonyl (C=O) groups is 3. The average Bonchev–Trinajstić information content (AvgIpc) is 2.58. The lowest BCUT2D eigenvalue weighted by Gasteiger charge is -2.12. The van der Waals surface area contributed by atoms with E-state index in [4.69, 9.17) is 9.47 Å². The molecule has 0 fully saturated rings. The van der Waals surface area contributed by atoms with Gasteiger partial charge in [0.25, 0.3) is 5.91 Å². The first kappa shape index (κ1) is 19.2. The largest absolute Gasteiger partial charge is 0.497 e. The lowest BCUT2D eigenvalue weighted by atomic mass is 10.2. The highest BCUT2D eigenvalue weighted by Crippen LogP contribution is 2.13. The van der Waals surface area contributed by atoms with E-state index in [1.165, 1.54) is 6.08 Å². The highest BCUT2D eigenvalue weighted by molar-refractivity contribution is 5.91. The molecule has 0 aliphatic heterocycles. The van der Waals surface area contributed by atoms with E-state index in [1.807, 2.05) is 0 Å². The van der Waals surface area contributed by atoms with Gasteiger partial charge in [-0.1, -0.05) is 12.1 Å². The van der Waals surface area contributed by atoms with Crippen LogP contribution in [0.4, 0.5) is 0 Å². The zero-order valence-electron chi connectivity index (χ0n) is 14.0. The number of rotatable bonds is 8. The van der Waals surface area contributed by atoms with Crippen molar-refractivity contribution in [3.8, 4) is 5.75 Å². The van der Waals surface area contributed by atoms with Crippen molar-refractivity contribution >= 4 is 23.9 Å². The van der Waals surface area contributed by atoms with Crippen molar-refractivity contribution in [3.05, 3.63) is 35.9 Å². The van der Waals surface area contributed by atoms with E-state index in [1.54, 1.807) is 51.3 Å². The fourth-order valence-electron chi connectivity index (χ4n) is 1.77. The van der Waals surface area contributed by atoms with E-state index in [0.717, 1.165) is 5.56 Å². The summed E-state index contributed by atoms with van der Waals surface area (Å²) in [4.78, 5) is 34.7. The molecule has 0 aliphatic carbocycles. The standard InChI is InChI=1S/C17H22N2O5/c1-4-18-17(22)12(2)19-15(20)11-24-16(21)9-8-13-6-5-7-14(10-13)23-3/h5-10,12H,4,11H2,1-3H3,(H,18,22)(H,19,20)/b9-8+/t12-/m1/s1. The molecule has 0 radical (unpaired) electrons. The molecule has 1 atom stereocenters. The van der Waals surface area contributed by atoms with Gasteiger partial charge in [0, 0.05) is 12.6 Å². The number of likely N-dealkylation sites (N-methyl/N-ethyl adjacent to an activating group) is 1. The number of methoxy groups -OCH3 is 1. The second-order valence-electron chi connectivity index (χ2n) is 4.90. The molecular formula is C17H22N2O5. The average molecular weight is 334 g/mol. The fraction of sp³-hybridized carbons (Fsp3) is 0.353. The maximum atomic E-state index is 11.6. The van der Waals surface area contributed by atoms with Gasteiger partial charge in [-0.25, -0.2) is 4.79 Å². The third kappa shape index (κ3) is 6.95. The second kappa shape index (κ2) is 10.0. The van der Waals surface area contributed by atoms with Gasteiger partial charge in [0.05, 0.1) is 7.11 Å². The first-order chi connectivity index (χ1) is 11.5. The highest BCUT2D eigenvalue weighted by atomic mass is 16.5. The van der Waals surface area contributed by atoms with E-state index in [-0.39, 0.29) is 5.91 Å². The molecule has 0 aromatic heterocycles. The first-order valence-electron chi connectivity index (χ1n) is 7.52. The van der Waals surface area contributed by atoms with Crippen LogP contribution < -0.4 is 15.4 Å². The Hall–Kier alpha value is -2.83. The Labute approximate surface area is 141 Å². The zero-order chi connectivity index (χ0) is 17.9. The summed E-state index contributed by atoms with van der Waals surface area (Å²) in [5.41, 5.74) is 0.764. The van der Waals surface area contributed by atoms with E-state index in [9.17, 15) is 14.4 Å². The maximum absolute atomic E-state index is 11.6. The second-order valence-corrected chi connectivity index (χ2v) is 4.90. The lowest BCUT2D eigenvalue weighted by Crippen LogP contribution is -2.46. The number of hydrogen-bond donors (Lipinski definition) is 2. The summed E-state index contributed by atoms with van der Waals surface area (Å²) in [6.45, 7) is 3.35. The summed E-state index contributed by atoms with van der Waals surface area (Å²) >= 11 is 0. The molecule has 7 nitrogen and oxygen atoms in total. The molecule has 7 heteroatoms. The SMILES string of the molecule is CCNC(=O)[C@@H](C)NC(=O)COC(=O)/C=C/c1cccc(OC)c1. The van der Waals surface area contributed by atoms with Crippen molar-refractivity contribution in [1.29, 1.82) is 0 Å². The van der Waals surface area contributed by atoms with Crippen LogP contribution in [0.15, 0.2) is 30.3 Å². The van der Waals surface area contributed by atoms with Crippen molar-refractivity contribution in [2.75, 3.05) is 20.3 Å². The van der Waals surface area contributed by atoms with Crippen molar-refractivity contribution in [1.82, 2.24) is 10.6 Å². The number of nitrogens with one attached hydrogen (secondary N) is 2. The van der Waals surface area contributed by atoms with Gasteiger partial charge in [-0.15, -0.1) is 0 Å². The smallest absolute Gasteiger partial charge is 0.331 e. The Kier molecular flexibility index (Phi) is 8.04. The first-order valence-corrected chi connectivity index (χ1v) is 7.52. The van der Waals surface area contributed by atoms with Gasteiger partial charge in [0.2, 0.25) is 5.91 Å². The topological polar surface area (TPSA) is 93.7 Å². The molecule has 0 saturated heterocycles. The number of amides is 2. The van der Waals surface area contributed by atoms with Crippen LogP contribution in [0.5, 0.6) is 5.75 Å². The van der Waals surface area contributed by atoms with Crippen molar-refractivity contribution in [2.45, 2.75) is 19.9 Å². The number of ether oxygens (including phenoxy) is 2. The van der Waals surface area contributed by atoms with Gasteiger partial charge < -0.3 is 20.1 Å². The van der Waals surface area contributed by atoms with E-state index in [2.05, 4.69) is 10.6 Å². The number of carbonyl (C=O) groups excluding carboxylic acids is 3. The van der Waals surface area contributed by atoms with Crippen LogP contribution in [0.2, 0.25) is 0 Å². The number of benzene rings is 1. The van der Waals surface area contributed by atoms with Crippen LogP contribution >= 0.6 is 0 Å². The van der Waals surface area contributed by atoms with Gasteiger partial charge in [-0.2, -0.15) is 0 Å². The normalized spacial score (nSPS) is 11.6. The summed E-state index contributed by atoms with van der Waals surface area (Å²) in [5.74, 6) is -0.824. The minimum atomic E-state index is -0.691. The van der Waals surface area contributed by atoms with E-state index in [0.29, 0.717) is 12.3 Å². The Morgan fingerprint density at radius 3 is 2.71 bits per heavy atom. The number of hydrogen-bond acceptors (Lipinski definition) is 5. The van der Waals surface area contributed by atoms with Crippen LogP contribution in [0.25, 0.3) is 6.08 Å². The maximum Gasteiger partial charge on any atom is 0.331 e. The molecule has 0 bridgehead atoms. The monoisotopic (exact) mass is 334 g/mol. The Morgan fingerprint density at radius 2 is 2.04 bits per heavy atom. The summed E-state index contributed by atoms with van der Waals surface area (Å²) in [6, 6.07) is 6.44. The molecule has 2 amide bonds. The summed E-state index contributed by atoms with van der Waals surface area (Å²) in [5, 5.41) is 5.02. The van der Waals surface area contributed by atoms with Gasteiger partial charge in [0.15, 0.2) is 6.61 Å². The van der Waals surface area contributed by atoms with Crippen molar-refractivity contribution < 1.29 is 23.9 Å². The molecule has 0 heterocycles. The quantitative estimate of drug-likeness (QED) is 0.544. The third-order valence-electron chi connectivity index (χ3n) is 2.97. The van der Waals surface area contributed by atoms with Crippen LogP contribution in [0.3, 0.4) is 0 Å². The fourth-order valence-corrected chi connectivity index (χ4v) is 1.77. The van der Waals surface area contributed by atoms with Crippen LogP contribution in [0, 0.1) is 0 Å². The molecule has 130 valence electrons. The van der Waals surface area contributed by atoms with Gasteiger partial charge in [-0.3, -0.25) is 9.59 Å². The number of esters is 1. The van der Waals surface area contributed by atoms with Gasteiger partial charge >= 0.3 is 5.97 Å². The molecule has 0 unspecified atom stereocenters. The minimum absolute atomic E-state index is 0.296. The van der Waals surface area contributed by atoms with Crippen LogP contribution in [-0.2, 0) is 19.1 Å². The molecule has 0 spiro atoms. The molecule has 1 aromatic rings. The lowest BCUT2D eigenvalue weighted by molar-refractivity contribution is -0.144. The predicted octanol–water partition coefficient (Wildman–Crippen LogP) is 0.892. The highest BCUT2D eigenvalue weighted by Gasteiger charge is 2.15. The van der Waals surface area contributed by atoms with E-state index < -0.39 is 24.5 Å². The van der Waals surface area contributed by atoms with Crippen molar-refractivity contribution in [2.24, 2.45) is 0 Å². The Balaban J connectivity index is 2.41. The molecule has 1 aromatic carbocycles. The van der Waals surface area contributed by atoms with Crippen LogP contribution in [-0.4, -0.2) is 44.1 Å². The van der Waals surface area contributed by atoms with Gasteiger partial charge in [-0.05, 0) is 37.6 Å². The third-order valence-corrected chi connectivity index (χ3v) is 2.97. The Morgan fingerprint density at radius 1 is 1.29 bits per heavy atom. The summed E-state index contributed by atoms with van der Waals surface area (Å²) in [6.07, 6.45) is 2.77. The van der Waals surface area contributed by atoms with Gasteiger partial charge in [0.1, 0.15) is 11.8 Å². The minimum Gasteiger partial charge on any atom is -0.497 e. The summed E-state index contributed by atoms with van der Waals surface area (Å²) in [7, 11) is 1.55. The predicted molar refractivity (Wildman–Crippen MR) is 89.3 cm³/mol. The van der Waals surface area contributed by atoms with Crippen molar-refractivity contribution in [3.63, 3.8) is 0 Å². The summed E-state index contributed by atoms with van der Waals surface area (Å²) < 4.78 is 9.90. The molecule has 0 aliphatic rings. The molecule has 0 saturated carbocycles. The molecular weight excluding hydrogens is 312 g/mol. The molecule has 1 rings (SSSR count). The molecule has 2 N–H and O–H groups in total.